The van der Waals surface area contributed by atoms with E-state index in [2.05, 4.69) is 5.32 Å². The van der Waals surface area contributed by atoms with Crippen molar-refractivity contribution in [2.45, 2.75) is 39.3 Å². The molecule has 0 heterocycles. The molecular weight excluding hydrogens is 312 g/mol. The maximum Gasteiger partial charge on any atom is 0.242 e. The van der Waals surface area contributed by atoms with Crippen molar-refractivity contribution in [3.8, 4) is 0 Å². The molecule has 1 atom stereocenters. The van der Waals surface area contributed by atoms with Crippen molar-refractivity contribution in [3.63, 3.8) is 0 Å². The van der Waals surface area contributed by atoms with E-state index in [0.717, 1.165) is 16.7 Å². The molecule has 0 saturated heterocycles. The van der Waals surface area contributed by atoms with Gasteiger partial charge in [0.1, 0.15) is 6.04 Å². The van der Waals surface area contributed by atoms with Crippen molar-refractivity contribution in [1.29, 1.82) is 0 Å². The van der Waals surface area contributed by atoms with Crippen LogP contribution in [0.4, 0.5) is 0 Å². The number of rotatable bonds is 7. The first kappa shape index (κ1) is 18.7. The molecule has 25 heavy (non-hydrogen) atoms. The van der Waals surface area contributed by atoms with Crippen LogP contribution in [-0.4, -0.2) is 29.8 Å². The maximum atomic E-state index is 12.8. The number of hydrogen-bond donors (Lipinski definition) is 1. The minimum absolute atomic E-state index is 0.0109. The summed E-state index contributed by atoms with van der Waals surface area (Å²) in [6, 6.07) is 17.4. The number of carbonyl (C=O) groups excluding carboxylic acids is 2. The third kappa shape index (κ3) is 5.18. The van der Waals surface area contributed by atoms with E-state index in [-0.39, 0.29) is 11.8 Å². The topological polar surface area (TPSA) is 49.4 Å². The fourth-order valence-corrected chi connectivity index (χ4v) is 2.80. The molecule has 0 radical (unpaired) electrons. The third-order valence-electron chi connectivity index (χ3n) is 4.49. The summed E-state index contributed by atoms with van der Waals surface area (Å²) in [6.45, 7) is 4.24. The summed E-state index contributed by atoms with van der Waals surface area (Å²) in [5, 5.41) is 2.64. The Morgan fingerprint density at radius 1 is 1.04 bits per heavy atom. The first-order chi connectivity index (χ1) is 12.0. The van der Waals surface area contributed by atoms with Gasteiger partial charge >= 0.3 is 0 Å². The summed E-state index contributed by atoms with van der Waals surface area (Å²) in [5.74, 6) is -0.162. The molecular formula is C21H26N2O2. The molecule has 0 aliphatic carbocycles. The molecule has 1 N–H and O–H groups in total. The van der Waals surface area contributed by atoms with E-state index >= 15 is 0 Å². The van der Waals surface area contributed by atoms with Crippen LogP contribution in [0.5, 0.6) is 0 Å². The lowest BCUT2D eigenvalue weighted by Gasteiger charge is -2.29. The van der Waals surface area contributed by atoms with Crippen LogP contribution in [0.15, 0.2) is 54.6 Å². The van der Waals surface area contributed by atoms with Gasteiger partial charge in [-0.05, 0) is 37.0 Å². The number of hydrogen-bond acceptors (Lipinski definition) is 2. The molecule has 2 aromatic carbocycles. The van der Waals surface area contributed by atoms with E-state index in [4.69, 9.17) is 0 Å². The SMILES string of the molecule is CNC(=O)[C@@H](C)N(Cc1ccccc1C)C(=O)CCc1ccccc1. The molecule has 132 valence electrons. The van der Waals surface area contributed by atoms with Crippen molar-refractivity contribution < 1.29 is 9.59 Å². The van der Waals surface area contributed by atoms with E-state index in [9.17, 15) is 9.59 Å². The molecule has 2 aromatic rings. The zero-order valence-electron chi connectivity index (χ0n) is 15.2. The molecule has 2 rings (SSSR count). The van der Waals surface area contributed by atoms with Crippen LogP contribution in [0.3, 0.4) is 0 Å². The summed E-state index contributed by atoms with van der Waals surface area (Å²) in [6.07, 6.45) is 1.06. The maximum absolute atomic E-state index is 12.8. The summed E-state index contributed by atoms with van der Waals surface area (Å²) in [4.78, 5) is 26.6. The Labute approximate surface area is 149 Å². The van der Waals surface area contributed by atoms with Gasteiger partial charge in [-0.1, -0.05) is 54.6 Å². The smallest absolute Gasteiger partial charge is 0.242 e. The first-order valence-corrected chi connectivity index (χ1v) is 8.62. The van der Waals surface area contributed by atoms with Gasteiger partial charge in [0.05, 0.1) is 0 Å². The highest BCUT2D eigenvalue weighted by Gasteiger charge is 2.25. The second-order valence-electron chi connectivity index (χ2n) is 6.22. The van der Waals surface area contributed by atoms with Gasteiger partial charge in [0, 0.05) is 20.0 Å². The van der Waals surface area contributed by atoms with Crippen LogP contribution in [0, 0.1) is 6.92 Å². The van der Waals surface area contributed by atoms with Crippen LogP contribution in [0.2, 0.25) is 0 Å². The third-order valence-corrected chi connectivity index (χ3v) is 4.49. The second kappa shape index (κ2) is 9.02. The summed E-state index contributed by atoms with van der Waals surface area (Å²) < 4.78 is 0. The number of aryl methyl sites for hydroxylation is 2. The predicted molar refractivity (Wildman–Crippen MR) is 100 cm³/mol. The number of amides is 2. The van der Waals surface area contributed by atoms with Crippen LogP contribution >= 0.6 is 0 Å². The van der Waals surface area contributed by atoms with E-state index in [0.29, 0.717) is 19.4 Å². The molecule has 4 nitrogen and oxygen atoms in total. The Morgan fingerprint density at radius 3 is 2.32 bits per heavy atom. The van der Waals surface area contributed by atoms with Crippen molar-refractivity contribution in [2.24, 2.45) is 0 Å². The molecule has 0 saturated carbocycles. The standard InChI is InChI=1S/C21H26N2O2/c1-16-9-7-8-12-19(16)15-23(17(2)21(25)22-3)20(24)14-13-18-10-5-4-6-11-18/h4-12,17H,13-15H2,1-3H3,(H,22,25)/t17-/m1/s1. The van der Waals surface area contributed by atoms with Crippen molar-refractivity contribution in [3.05, 3.63) is 71.3 Å². The Bertz CT molecular complexity index is 713. The highest BCUT2D eigenvalue weighted by atomic mass is 16.2. The van der Waals surface area contributed by atoms with Gasteiger partial charge in [0.2, 0.25) is 11.8 Å². The average Bonchev–Trinajstić information content (AvgIpc) is 2.65. The zero-order valence-corrected chi connectivity index (χ0v) is 15.2. The number of nitrogens with one attached hydrogen (secondary N) is 1. The lowest BCUT2D eigenvalue weighted by Crippen LogP contribution is -2.46. The summed E-state index contributed by atoms with van der Waals surface area (Å²) in [7, 11) is 1.60. The fourth-order valence-electron chi connectivity index (χ4n) is 2.80. The minimum Gasteiger partial charge on any atom is -0.357 e. The monoisotopic (exact) mass is 338 g/mol. The minimum atomic E-state index is -0.507. The van der Waals surface area contributed by atoms with Gasteiger partial charge in [-0.3, -0.25) is 9.59 Å². The average molecular weight is 338 g/mol. The Hall–Kier alpha value is -2.62. The largest absolute Gasteiger partial charge is 0.357 e. The molecule has 0 aliphatic rings. The summed E-state index contributed by atoms with van der Waals surface area (Å²) >= 11 is 0. The van der Waals surface area contributed by atoms with Gasteiger partial charge < -0.3 is 10.2 Å². The number of benzene rings is 2. The Kier molecular flexibility index (Phi) is 6.75. The number of carbonyl (C=O) groups is 2. The van der Waals surface area contributed by atoms with Crippen LogP contribution < -0.4 is 5.32 Å². The Balaban J connectivity index is 2.14. The lowest BCUT2D eigenvalue weighted by molar-refractivity contribution is -0.140. The molecule has 4 heteroatoms. The first-order valence-electron chi connectivity index (χ1n) is 8.62. The van der Waals surface area contributed by atoms with Crippen molar-refractivity contribution in [2.75, 3.05) is 7.05 Å². The summed E-state index contributed by atoms with van der Waals surface area (Å²) in [5.41, 5.74) is 3.30. The fraction of sp³-hybridized carbons (Fsp3) is 0.333. The molecule has 0 bridgehead atoms. The highest BCUT2D eigenvalue weighted by Crippen LogP contribution is 2.15. The van der Waals surface area contributed by atoms with Gasteiger partial charge in [-0.25, -0.2) is 0 Å². The number of nitrogens with zero attached hydrogens (tertiary/aromatic N) is 1. The molecule has 0 aromatic heterocycles. The van der Waals surface area contributed by atoms with E-state index < -0.39 is 6.04 Å². The molecule has 0 unspecified atom stereocenters. The zero-order chi connectivity index (χ0) is 18.2. The normalized spacial score (nSPS) is 11.6. The van der Waals surface area contributed by atoms with Crippen LogP contribution in [0.1, 0.15) is 30.0 Å². The van der Waals surface area contributed by atoms with Crippen LogP contribution in [0.25, 0.3) is 0 Å². The molecule has 0 spiro atoms. The lowest BCUT2D eigenvalue weighted by atomic mass is 10.1. The highest BCUT2D eigenvalue weighted by molar-refractivity contribution is 5.87. The van der Waals surface area contributed by atoms with Gasteiger partial charge in [0.15, 0.2) is 0 Å². The van der Waals surface area contributed by atoms with Gasteiger partial charge in [-0.2, -0.15) is 0 Å². The van der Waals surface area contributed by atoms with Gasteiger partial charge in [0.25, 0.3) is 0 Å². The van der Waals surface area contributed by atoms with Crippen molar-refractivity contribution >= 4 is 11.8 Å². The molecule has 0 aliphatic heterocycles. The van der Waals surface area contributed by atoms with Crippen LogP contribution in [-0.2, 0) is 22.6 Å². The second-order valence-corrected chi connectivity index (χ2v) is 6.22. The van der Waals surface area contributed by atoms with E-state index in [1.54, 1.807) is 18.9 Å². The molecule has 2 amide bonds. The van der Waals surface area contributed by atoms with Gasteiger partial charge in [-0.15, -0.1) is 0 Å². The van der Waals surface area contributed by atoms with E-state index in [1.807, 2.05) is 61.5 Å². The quantitative estimate of drug-likeness (QED) is 0.843. The van der Waals surface area contributed by atoms with Crippen molar-refractivity contribution in [1.82, 2.24) is 10.2 Å². The van der Waals surface area contributed by atoms with E-state index in [1.165, 1.54) is 0 Å². The predicted octanol–water partition coefficient (Wildman–Crippen LogP) is 3.09. The molecule has 0 fully saturated rings. The Morgan fingerprint density at radius 2 is 1.68 bits per heavy atom. The number of likely N-dealkylation sites (N-methyl/N-ethyl adjacent to an activating group) is 1.